The Kier molecular flexibility index (Phi) is 2.55. The minimum Gasteiger partial charge on any atom is -0.464 e. The molecule has 0 aliphatic carbocycles. The highest BCUT2D eigenvalue weighted by atomic mass is 19.1. The van der Waals surface area contributed by atoms with Gasteiger partial charge in [-0.2, -0.15) is 10.1 Å². The average Bonchev–Trinajstić information content (AvgIpc) is 2.70. The molecule has 1 aromatic rings. The lowest BCUT2D eigenvalue weighted by Gasteiger charge is -2.03. The van der Waals surface area contributed by atoms with Crippen LogP contribution < -0.4 is 0 Å². The summed E-state index contributed by atoms with van der Waals surface area (Å²) in [4.78, 5) is 10.6. The molecular formula is C10H8F2N2O2. The van der Waals surface area contributed by atoms with E-state index >= 15 is 0 Å². The van der Waals surface area contributed by atoms with E-state index in [1.54, 1.807) is 0 Å². The van der Waals surface area contributed by atoms with Crippen LogP contribution in [0.15, 0.2) is 23.3 Å². The summed E-state index contributed by atoms with van der Waals surface area (Å²) in [6, 6.07) is 3.01. The molecule has 1 amide bonds. The monoisotopic (exact) mass is 226 g/mol. The fourth-order valence-corrected chi connectivity index (χ4v) is 1.50. The second kappa shape index (κ2) is 3.88. The van der Waals surface area contributed by atoms with Crippen LogP contribution in [0.1, 0.15) is 12.0 Å². The SMILES string of the molecule is O=C(O)N1CCC(c2cc(F)ccc2F)=N1. The highest BCUT2D eigenvalue weighted by Gasteiger charge is 2.22. The van der Waals surface area contributed by atoms with E-state index in [1.807, 2.05) is 0 Å². The quantitative estimate of drug-likeness (QED) is 0.796. The topological polar surface area (TPSA) is 52.9 Å². The van der Waals surface area contributed by atoms with Crippen molar-refractivity contribution in [3.05, 3.63) is 35.4 Å². The van der Waals surface area contributed by atoms with E-state index in [2.05, 4.69) is 5.10 Å². The molecule has 0 radical (unpaired) electrons. The van der Waals surface area contributed by atoms with Crippen LogP contribution in [0.4, 0.5) is 13.6 Å². The van der Waals surface area contributed by atoms with E-state index in [9.17, 15) is 13.6 Å². The molecule has 1 N–H and O–H groups in total. The Labute approximate surface area is 89.8 Å². The predicted octanol–water partition coefficient (Wildman–Crippen LogP) is 2.05. The Morgan fingerprint density at radius 3 is 2.81 bits per heavy atom. The van der Waals surface area contributed by atoms with Crippen molar-refractivity contribution in [2.24, 2.45) is 5.10 Å². The molecule has 1 aliphatic heterocycles. The summed E-state index contributed by atoms with van der Waals surface area (Å²) in [6.07, 6.45) is -0.918. The lowest BCUT2D eigenvalue weighted by Crippen LogP contribution is -2.20. The smallest absolute Gasteiger partial charge is 0.427 e. The molecule has 0 saturated carbocycles. The lowest BCUT2D eigenvalue weighted by atomic mass is 10.1. The van der Waals surface area contributed by atoms with Gasteiger partial charge in [0.1, 0.15) is 11.6 Å². The third-order valence-electron chi connectivity index (χ3n) is 2.26. The molecule has 0 atom stereocenters. The maximum atomic E-state index is 13.3. The highest BCUT2D eigenvalue weighted by molar-refractivity contribution is 6.02. The zero-order chi connectivity index (χ0) is 11.7. The van der Waals surface area contributed by atoms with E-state index in [0.717, 1.165) is 23.2 Å². The predicted molar refractivity (Wildman–Crippen MR) is 52.2 cm³/mol. The Hall–Kier alpha value is -1.98. The number of hydrogen-bond donors (Lipinski definition) is 1. The molecular weight excluding hydrogens is 218 g/mol. The van der Waals surface area contributed by atoms with Gasteiger partial charge >= 0.3 is 6.09 Å². The third kappa shape index (κ3) is 1.86. The summed E-state index contributed by atoms with van der Waals surface area (Å²) < 4.78 is 26.2. The number of carbonyl (C=O) groups is 1. The van der Waals surface area contributed by atoms with Gasteiger partial charge in [-0.3, -0.25) is 0 Å². The normalized spacial score (nSPS) is 15.1. The molecule has 2 rings (SSSR count). The molecule has 0 spiro atoms. The molecule has 6 heteroatoms. The summed E-state index contributed by atoms with van der Waals surface area (Å²) in [6.45, 7) is 0.167. The van der Waals surface area contributed by atoms with Crippen LogP contribution in [-0.2, 0) is 0 Å². The van der Waals surface area contributed by atoms with Crippen LogP contribution >= 0.6 is 0 Å². The van der Waals surface area contributed by atoms with Crippen molar-refractivity contribution in [3.8, 4) is 0 Å². The standard InChI is InChI=1S/C10H8F2N2O2/c11-6-1-2-8(12)7(5-6)9-3-4-14(13-9)10(15)16/h1-2,5H,3-4H2,(H,15,16). The van der Waals surface area contributed by atoms with Gasteiger partial charge in [-0.1, -0.05) is 0 Å². The van der Waals surface area contributed by atoms with Gasteiger partial charge in [-0.05, 0) is 18.2 Å². The number of benzene rings is 1. The number of carboxylic acid groups (broad SMARTS) is 1. The first kappa shape index (κ1) is 10.5. The second-order valence-electron chi connectivity index (χ2n) is 3.33. The van der Waals surface area contributed by atoms with Gasteiger partial charge in [0.05, 0.1) is 12.3 Å². The van der Waals surface area contributed by atoms with Gasteiger partial charge in [0.25, 0.3) is 0 Å². The molecule has 0 bridgehead atoms. The van der Waals surface area contributed by atoms with Crippen molar-refractivity contribution < 1.29 is 18.7 Å². The molecule has 4 nitrogen and oxygen atoms in total. The molecule has 0 unspecified atom stereocenters. The fraction of sp³-hybridized carbons (Fsp3) is 0.200. The van der Waals surface area contributed by atoms with Crippen molar-refractivity contribution in [1.29, 1.82) is 0 Å². The number of hydrazone groups is 1. The van der Waals surface area contributed by atoms with Gasteiger partial charge in [0, 0.05) is 12.0 Å². The summed E-state index contributed by atoms with van der Waals surface area (Å²) in [5, 5.41) is 13.2. The van der Waals surface area contributed by atoms with Crippen molar-refractivity contribution in [1.82, 2.24) is 5.01 Å². The zero-order valence-electron chi connectivity index (χ0n) is 8.15. The maximum absolute atomic E-state index is 13.3. The van der Waals surface area contributed by atoms with Crippen molar-refractivity contribution >= 4 is 11.8 Å². The van der Waals surface area contributed by atoms with Crippen LogP contribution in [0, 0.1) is 11.6 Å². The fourth-order valence-electron chi connectivity index (χ4n) is 1.50. The second-order valence-corrected chi connectivity index (χ2v) is 3.33. The van der Waals surface area contributed by atoms with Crippen molar-refractivity contribution in [2.75, 3.05) is 6.54 Å². The van der Waals surface area contributed by atoms with Crippen LogP contribution in [0.5, 0.6) is 0 Å². The van der Waals surface area contributed by atoms with E-state index in [-0.39, 0.29) is 24.2 Å². The average molecular weight is 226 g/mol. The zero-order valence-corrected chi connectivity index (χ0v) is 8.15. The van der Waals surface area contributed by atoms with Crippen molar-refractivity contribution in [2.45, 2.75) is 6.42 Å². The molecule has 0 saturated heterocycles. The van der Waals surface area contributed by atoms with Gasteiger partial charge < -0.3 is 5.11 Å². The lowest BCUT2D eigenvalue weighted by molar-refractivity contribution is 0.152. The van der Waals surface area contributed by atoms with Crippen LogP contribution in [0.3, 0.4) is 0 Å². The number of hydrogen-bond acceptors (Lipinski definition) is 2. The van der Waals surface area contributed by atoms with Crippen LogP contribution in [0.25, 0.3) is 0 Å². The largest absolute Gasteiger partial charge is 0.464 e. The van der Waals surface area contributed by atoms with Gasteiger partial charge in [-0.25, -0.2) is 13.6 Å². The molecule has 1 heterocycles. The summed E-state index contributed by atoms with van der Waals surface area (Å²) in [5.74, 6) is -1.18. The van der Waals surface area contributed by atoms with E-state index in [4.69, 9.17) is 5.11 Å². The van der Waals surface area contributed by atoms with E-state index in [0.29, 0.717) is 0 Å². The molecule has 1 aliphatic rings. The Morgan fingerprint density at radius 2 is 2.19 bits per heavy atom. The van der Waals surface area contributed by atoms with Crippen molar-refractivity contribution in [3.63, 3.8) is 0 Å². The first-order valence-electron chi connectivity index (χ1n) is 4.61. The Bertz CT molecular complexity index is 474. The maximum Gasteiger partial charge on any atom is 0.427 e. The third-order valence-corrected chi connectivity index (χ3v) is 2.26. The summed E-state index contributed by atoms with van der Waals surface area (Å²) >= 11 is 0. The summed E-state index contributed by atoms with van der Waals surface area (Å²) in [7, 11) is 0. The molecule has 0 fully saturated rings. The number of amides is 1. The Morgan fingerprint density at radius 1 is 1.44 bits per heavy atom. The molecule has 1 aromatic carbocycles. The Balaban J connectivity index is 2.35. The molecule has 16 heavy (non-hydrogen) atoms. The first-order chi connectivity index (χ1) is 7.58. The minimum absolute atomic E-state index is 0.0174. The first-order valence-corrected chi connectivity index (χ1v) is 4.61. The number of nitrogens with zero attached hydrogens (tertiary/aromatic N) is 2. The van der Waals surface area contributed by atoms with Gasteiger partial charge in [-0.15, -0.1) is 0 Å². The molecule has 84 valence electrons. The van der Waals surface area contributed by atoms with Crippen LogP contribution in [-0.4, -0.2) is 28.5 Å². The van der Waals surface area contributed by atoms with Crippen LogP contribution in [0.2, 0.25) is 0 Å². The molecule has 0 aromatic heterocycles. The number of halogens is 2. The van der Waals surface area contributed by atoms with Gasteiger partial charge in [0.15, 0.2) is 0 Å². The summed E-state index contributed by atoms with van der Waals surface area (Å²) in [5.41, 5.74) is 0.267. The highest BCUT2D eigenvalue weighted by Crippen LogP contribution is 2.17. The van der Waals surface area contributed by atoms with Gasteiger partial charge in [0.2, 0.25) is 0 Å². The minimum atomic E-state index is -1.20. The number of rotatable bonds is 1. The van der Waals surface area contributed by atoms with E-state index in [1.165, 1.54) is 0 Å². The van der Waals surface area contributed by atoms with E-state index < -0.39 is 17.7 Å².